The third-order valence-corrected chi connectivity index (χ3v) is 1.53. The van der Waals surface area contributed by atoms with E-state index in [9.17, 15) is 0 Å². The Morgan fingerprint density at radius 3 is 2.54 bits per heavy atom. The van der Waals surface area contributed by atoms with Crippen LogP contribution in [0.15, 0.2) is 49.1 Å². The molecular weight excluding hydrogens is 160 g/mol. The molecule has 0 spiro atoms. The third-order valence-electron chi connectivity index (χ3n) is 1.53. The van der Waals surface area contributed by atoms with Gasteiger partial charge in [0.15, 0.2) is 0 Å². The van der Waals surface area contributed by atoms with E-state index in [-0.39, 0.29) is 0 Å². The Balaban J connectivity index is 3.50. The summed E-state index contributed by atoms with van der Waals surface area (Å²) in [5, 5.41) is 9.05. The van der Waals surface area contributed by atoms with Gasteiger partial charge >= 0.3 is 0 Å². The summed E-state index contributed by atoms with van der Waals surface area (Å²) in [7, 11) is 0. The van der Waals surface area contributed by atoms with E-state index in [4.69, 9.17) is 5.11 Å². The van der Waals surface area contributed by atoms with Crippen molar-refractivity contribution in [3.8, 4) is 0 Å². The van der Waals surface area contributed by atoms with Gasteiger partial charge in [-0.15, -0.1) is 6.58 Å². The summed E-state index contributed by atoms with van der Waals surface area (Å²) in [4.78, 5) is 0. The fourth-order valence-corrected chi connectivity index (χ4v) is 0.790. The molecule has 1 nitrogen and oxygen atoms in total. The lowest BCUT2D eigenvalue weighted by Gasteiger charge is -1.91. The minimum Gasteiger partial charge on any atom is -0.385 e. The number of aliphatic hydroxyl groups is 1. The Labute approximate surface area is 80.8 Å². The Hall–Kier alpha value is -1.08. The van der Waals surface area contributed by atoms with E-state index >= 15 is 0 Å². The summed E-state index contributed by atoms with van der Waals surface area (Å²) in [6, 6.07) is 0. The van der Waals surface area contributed by atoms with E-state index in [0.29, 0.717) is 0 Å². The van der Waals surface area contributed by atoms with Gasteiger partial charge in [0.05, 0.1) is 6.10 Å². The minimum absolute atomic E-state index is 0.528. The largest absolute Gasteiger partial charge is 0.385 e. The van der Waals surface area contributed by atoms with Gasteiger partial charge in [0, 0.05) is 0 Å². The molecule has 1 unspecified atom stereocenters. The van der Waals surface area contributed by atoms with Gasteiger partial charge in [-0.2, -0.15) is 0 Å². The van der Waals surface area contributed by atoms with E-state index in [0.717, 1.165) is 12.8 Å². The van der Waals surface area contributed by atoms with Gasteiger partial charge < -0.3 is 5.11 Å². The maximum absolute atomic E-state index is 9.05. The van der Waals surface area contributed by atoms with Gasteiger partial charge in [-0.05, 0) is 19.8 Å². The van der Waals surface area contributed by atoms with Crippen LogP contribution in [0.2, 0.25) is 0 Å². The maximum Gasteiger partial charge on any atom is 0.0903 e. The zero-order valence-electron chi connectivity index (χ0n) is 8.19. The molecule has 0 fully saturated rings. The smallest absolute Gasteiger partial charge is 0.0903 e. The standard InChI is InChI=1S/C12H18O/c1-3-5-6-7-8-9-10-11-12(13)4-2/h3-5,8-13H,2,6-7H2,1H3. The van der Waals surface area contributed by atoms with Crippen molar-refractivity contribution in [2.75, 3.05) is 0 Å². The average Bonchev–Trinajstić information content (AvgIpc) is 2.16. The van der Waals surface area contributed by atoms with E-state index in [1.165, 1.54) is 6.08 Å². The number of hydrogen-bond donors (Lipinski definition) is 1. The second-order valence-corrected chi connectivity index (χ2v) is 2.69. The molecule has 0 saturated heterocycles. The molecule has 0 aliphatic rings. The van der Waals surface area contributed by atoms with Crippen LogP contribution in [0, 0.1) is 0 Å². The van der Waals surface area contributed by atoms with Gasteiger partial charge in [0.2, 0.25) is 0 Å². The zero-order chi connectivity index (χ0) is 9.94. The van der Waals surface area contributed by atoms with Crippen LogP contribution in [0.5, 0.6) is 0 Å². The molecule has 13 heavy (non-hydrogen) atoms. The molecule has 0 aromatic heterocycles. The van der Waals surface area contributed by atoms with Crippen molar-refractivity contribution in [1.82, 2.24) is 0 Å². The average molecular weight is 178 g/mol. The molecule has 1 atom stereocenters. The van der Waals surface area contributed by atoms with Crippen molar-refractivity contribution < 1.29 is 5.11 Å². The Morgan fingerprint density at radius 2 is 1.92 bits per heavy atom. The summed E-state index contributed by atoms with van der Waals surface area (Å²) < 4.78 is 0. The molecular formula is C12H18O. The third kappa shape index (κ3) is 8.83. The summed E-state index contributed by atoms with van der Waals surface area (Å²) in [5.74, 6) is 0. The topological polar surface area (TPSA) is 20.2 Å². The van der Waals surface area contributed by atoms with Crippen LogP contribution in [0.25, 0.3) is 0 Å². The number of allylic oxidation sites excluding steroid dienone is 5. The monoisotopic (exact) mass is 178 g/mol. The van der Waals surface area contributed by atoms with Crippen LogP contribution in [0.4, 0.5) is 0 Å². The van der Waals surface area contributed by atoms with Crippen molar-refractivity contribution in [3.63, 3.8) is 0 Å². The Morgan fingerprint density at radius 1 is 1.23 bits per heavy atom. The Kier molecular flexibility index (Phi) is 8.26. The lowest BCUT2D eigenvalue weighted by molar-refractivity contribution is 0.272. The predicted molar refractivity (Wildman–Crippen MR) is 58.5 cm³/mol. The van der Waals surface area contributed by atoms with E-state index in [2.05, 4.69) is 18.7 Å². The lowest BCUT2D eigenvalue weighted by Crippen LogP contribution is -1.93. The first kappa shape index (κ1) is 11.9. The second kappa shape index (κ2) is 9.01. The molecule has 0 radical (unpaired) electrons. The van der Waals surface area contributed by atoms with Crippen molar-refractivity contribution in [3.05, 3.63) is 49.1 Å². The van der Waals surface area contributed by atoms with E-state index in [1.807, 2.05) is 25.2 Å². The molecule has 0 aliphatic carbocycles. The number of unbranched alkanes of at least 4 members (excludes halogenated alkanes) is 1. The predicted octanol–water partition coefficient (Wildman–Crippen LogP) is 3.00. The van der Waals surface area contributed by atoms with Gasteiger partial charge in [-0.25, -0.2) is 0 Å². The molecule has 0 bridgehead atoms. The minimum atomic E-state index is -0.528. The van der Waals surface area contributed by atoms with Crippen LogP contribution >= 0.6 is 0 Å². The van der Waals surface area contributed by atoms with Crippen molar-refractivity contribution in [1.29, 1.82) is 0 Å². The highest BCUT2D eigenvalue weighted by Gasteiger charge is 1.84. The molecule has 0 aromatic carbocycles. The molecule has 0 heterocycles. The molecule has 0 rings (SSSR count). The van der Waals surface area contributed by atoms with E-state index < -0.39 is 6.10 Å². The number of aliphatic hydroxyl groups excluding tert-OH is 1. The first-order valence-corrected chi connectivity index (χ1v) is 4.56. The van der Waals surface area contributed by atoms with Crippen LogP contribution in [0.1, 0.15) is 19.8 Å². The van der Waals surface area contributed by atoms with Crippen LogP contribution in [0.3, 0.4) is 0 Å². The zero-order valence-corrected chi connectivity index (χ0v) is 8.19. The fraction of sp³-hybridized carbons (Fsp3) is 0.333. The summed E-state index contributed by atoms with van der Waals surface area (Å²) in [6.45, 7) is 5.48. The Bertz CT molecular complexity index is 199. The molecule has 72 valence electrons. The lowest BCUT2D eigenvalue weighted by atomic mass is 10.2. The first-order valence-electron chi connectivity index (χ1n) is 4.56. The summed E-state index contributed by atoms with van der Waals surface area (Å²) in [6.07, 6.45) is 14.8. The number of rotatable bonds is 6. The SMILES string of the molecule is C=CC(O)C=CC=CCCC=CC. The van der Waals surface area contributed by atoms with Crippen LogP contribution in [-0.4, -0.2) is 11.2 Å². The highest BCUT2D eigenvalue weighted by atomic mass is 16.3. The van der Waals surface area contributed by atoms with Gasteiger partial charge in [0.25, 0.3) is 0 Å². The molecule has 0 amide bonds. The van der Waals surface area contributed by atoms with Gasteiger partial charge in [-0.1, -0.05) is 42.5 Å². The summed E-state index contributed by atoms with van der Waals surface area (Å²) >= 11 is 0. The van der Waals surface area contributed by atoms with Gasteiger partial charge in [-0.3, -0.25) is 0 Å². The van der Waals surface area contributed by atoms with Crippen molar-refractivity contribution in [2.45, 2.75) is 25.9 Å². The first-order chi connectivity index (χ1) is 6.31. The molecule has 0 aliphatic heterocycles. The van der Waals surface area contributed by atoms with Crippen LogP contribution < -0.4 is 0 Å². The van der Waals surface area contributed by atoms with Crippen molar-refractivity contribution >= 4 is 0 Å². The molecule has 1 heteroatoms. The fourth-order valence-electron chi connectivity index (χ4n) is 0.790. The maximum atomic E-state index is 9.05. The molecule has 1 N–H and O–H groups in total. The summed E-state index contributed by atoms with van der Waals surface area (Å²) in [5.41, 5.74) is 0. The quantitative estimate of drug-likeness (QED) is 0.376. The van der Waals surface area contributed by atoms with Gasteiger partial charge in [0.1, 0.15) is 0 Å². The van der Waals surface area contributed by atoms with E-state index in [1.54, 1.807) is 6.08 Å². The highest BCUT2D eigenvalue weighted by Crippen LogP contribution is 1.93. The number of hydrogen-bond acceptors (Lipinski definition) is 1. The highest BCUT2D eigenvalue weighted by molar-refractivity contribution is 5.08. The van der Waals surface area contributed by atoms with Crippen LogP contribution in [-0.2, 0) is 0 Å². The van der Waals surface area contributed by atoms with Crippen molar-refractivity contribution in [2.24, 2.45) is 0 Å². The molecule has 0 aromatic rings. The second-order valence-electron chi connectivity index (χ2n) is 2.69. The molecule has 0 saturated carbocycles. The normalized spacial score (nSPS) is 14.6.